The van der Waals surface area contributed by atoms with Crippen LogP contribution in [0, 0.1) is 0 Å². The number of esters is 1. The summed E-state index contributed by atoms with van der Waals surface area (Å²) in [5.41, 5.74) is -0.773. The molecule has 1 aliphatic carbocycles. The summed E-state index contributed by atoms with van der Waals surface area (Å²) < 4.78 is 5.06. The first-order valence-electron chi connectivity index (χ1n) is 6.19. The fourth-order valence-electron chi connectivity index (χ4n) is 2.02. The van der Waals surface area contributed by atoms with E-state index in [1.807, 2.05) is 6.92 Å². The second-order valence-electron chi connectivity index (χ2n) is 4.56. The Morgan fingerprint density at radius 1 is 1.38 bits per heavy atom. The van der Waals surface area contributed by atoms with Gasteiger partial charge in [-0.15, -0.1) is 0 Å². The molecular weight excluding hydrogens is 204 g/mol. The van der Waals surface area contributed by atoms with Crippen LogP contribution in [0.1, 0.15) is 51.9 Å². The molecule has 1 rings (SSSR count). The average molecular weight is 226 g/mol. The number of hydrogen-bond acceptors (Lipinski definition) is 3. The van der Waals surface area contributed by atoms with E-state index in [0.717, 1.165) is 32.1 Å². The molecule has 0 amide bonds. The van der Waals surface area contributed by atoms with Gasteiger partial charge in [0.2, 0.25) is 0 Å². The number of hydrogen-bond donors (Lipinski definition) is 1. The van der Waals surface area contributed by atoms with Crippen LogP contribution in [0.15, 0.2) is 12.2 Å². The van der Waals surface area contributed by atoms with Gasteiger partial charge in [0.1, 0.15) is 0 Å². The maximum Gasteiger partial charge on any atom is 0.336 e. The van der Waals surface area contributed by atoms with E-state index in [0.29, 0.717) is 19.4 Å². The van der Waals surface area contributed by atoms with Gasteiger partial charge in [-0.05, 0) is 19.3 Å². The Kier molecular flexibility index (Phi) is 5.00. The summed E-state index contributed by atoms with van der Waals surface area (Å²) in [6, 6.07) is 0. The van der Waals surface area contributed by atoms with E-state index in [9.17, 15) is 9.90 Å². The molecule has 0 saturated heterocycles. The van der Waals surface area contributed by atoms with Crippen molar-refractivity contribution >= 4 is 5.97 Å². The monoisotopic (exact) mass is 226 g/mol. The van der Waals surface area contributed by atoms with Gasteiger partial charge in [-0.25, -0.2) is 4.79 Å². The minimum absolute atomic E-state index is 0.239. The van der Waals surface area contributed by atoms with Gasteiger partial charge in [0.15, 0.2) is 0 Å². The van der Waals surface area contributed by atoms with E-state index in [2.05, 4.69) is 6.58 Å². The van der Waals surface area contributed by atoms with Crippen LogP contribution >= 0.6 is 0 Å². The smallest absolute Gasteiger partial charge is 0.336 e. The molecule has 0 heterocycles. The third kappa shape index (κ3) is 3.34. The molecule has 0 bridgehead atoms. The van der Waals surface area contributed by atoms with Gasteiger partial charge in [-0.2, -0.15) is 0 Å². The fourth-order valence-corrected chi connectivity index (χ4v) is 2.02. The predicted molar refractivity (Wildman–Crippen MR) is 63.0 cm³/mol. The van der Waals surface area contributed by atoms with Crippen LogP contribution in [0.2, 0.25) is 0 Å². The quantitative estimate of drug-likeness (QED) is 0.445. The zero-order chi connectivity index (χ0) is 12.0. The largest absolute Gasteiger partial charge is 0.462 e. The first-order chi connectivity index (χ1) is 7.60. The Bertz CT molecular complexity index is 252. The molecule has 0 radical (unpaired) electrons. The van der Waals surface area contributed by atoms with E-state index in [1.165, 1.54) is 0 Å². The van der Waals surface area contributed by atoms with E-state index >= 15 is 0 Å². The highest BCUT2D eigenvalue weighted by Gasteiger charge is 2.36. The maximum atomic E-state index is 11.6. The molecule has 0 aliphatic heterocycles. The lowest BCUT2D eigenvalue weighted by Crippen LogP contribution is -2.37. The summed E-state index contributed by atoms with van der Waals surface area (Å²) >= 11 is 0. The summed E-state index contributed by atoms with van der Waals surface area (Å²) in [5.74, 6) is -0.433. The summed E-state index contributed by atoms with van der Waals surface area (Å²) in [5, 5.41) is 10.3. The van der Waals surface area contributed by atoms with Gasteiger partial charge in [0.25, 0.3) is 0 Å². The van der Waals surface area contributed by atoms with Crippen LogP contribution in [0.5, 0.6) is 0 Å². The molecule has 1 fully saturated rings. The van der Waals surface area contributed by atoms with Crippen LogP contribution in [0.4, 0.5) is 0 Å². The number of carbonyl (C=O) groups is 1. The summed E-state index contributed by atoms with van der Waals surface area (Å²) in [6.45, 7) is 6.16. The average Bonchev–Trinajstić information content (AvgIpc) is 2.29. The van der Waals surface area contributed by atoms with E-state index < -0.39 is 11.6 Å². The van der Waals surface area contributed by atoms with Crippen molar-refractivity contribution in [3.63, 3.8) is 0 Å². The third-order valence-electron chi connectivity index (χ3n) is 3.22. The molecule has 92 valence electrons. The Morgan fingerprint density at radius 3 is 2.56 bits per heavy atom. The van der Waals surface area contributed by atoms with Crippen molar-refractivity contribution in [1.29, 1.82) is 0 Å². The number of rotatable bonds is 5. The Balaban J connectivity index is 2.45. The lowest BCUT2D eigenvalue weighted by atomic mass is 9.80. The standard InChI is InChI=1S/C13H22O3/c1-3-4-10-16-12(14)11(2)13(15)8-6-5-7-9-13/h15H,2-10H2,1H3. The molecule has 0 aromatic heterocycles. The Hall–Kier alpha value is -0.830. The number of carbonyl (C=O) groups excluding carboxylic acids is 1. The molecule has 1 saturated carbocycles. The second kappa shape index (κ2) is 6.04. The van der Waals surface area contributed by atoms with E-state index in [-0.39, 0.29) is 5.57 Å². The zero-order valence-electron chi connectivity index (χ0n) is 10.1. The summed E-state index contributed by atoms with van der Waals surface area (Å²) in [4.78, 5) is 11.6. The number of aliphatic hydroxyl groups is 1. The van der Waals surface area contributed by atoms with Gasteiger partial charge < -0.3 is 9.84 Å². The van der Waals surface area contributed by atoms with Crippen molar-refractivity contribution in [1.82, 2.24) is 0 Å². The van der Waals surface area contributed by atoms with Crippen LogP contribution in [-0.2, 0) is 9.53 Å². The highest BCUT2D eigenvalue weighted by Crippen LogP contribution is 2.33. The molecule has 0 aromatic carbocycles. The molecular formula is C13H22O3. The van der Waals surface area contributed by atoms with Crippen molar-refractivity contribution in [3.05, 3.63) is 12.2 Å². The van der Waals surface area contributed by atoms with Crippen LogP contribution in [0.25, 0.3) is 0 Å². The van der Waals surface area contributed by atoms with Gasteiger partial charge >= 0.3 is 5.97 Å². The van der Waals surface area contributed by atoms with Gasteiger partial charge in [-0.3, -0.25) is 0 Å². The molecule has 1 aliphatic rings. The minimum Gasteiger partial charge on any atom is -0.462 e. The first-order valence-corrected chi connectivity index (χ1v) is 6.19. The normalized spacial score (nSPS) is 19.1. The van der Waals surface area contributed by atoms with E-state index in [4.69, 9.17) is 4.74 Å². The lowest BCUT2D eigenvalue weighted by Gasteiger charge is -2.32. The van der Waals surface area contributed by atoms with Crippen LogP contribution < -0.4 is 0 Å². The first kappa shape index (κ1) is 13.2. The van der Waals surface area contributed by atoms with Crippen molar-refractivity contribution in [3.8, 4) is 0 Å². The number of ether oxygens (including phenoxy) is 1. The van der Waals surface area contributed by atoms with Crippen LogP contribution in [-0.4, -0.2) is 23.3 Å². The maximum absolute atomic E-state index is 11.6. The SMILES string of the molecule is C=C(C(=O)OCCCC)C1(O)CCCCC1. The fraction of sp³-hybridized carbons (Fsp3) is 0.769. The molecule has 3 heteroatoms. The minimum atomic E-state index is -1.01. The topological polar surface area (TPSA) is 46.5 Å². The molecule has 1 N–H and O–H groups in total. The highest BCUT2D eigenvalue weighted by atomic mass is 16.5. The van der Waals surface area contributed by atoms with Gasteiger partial charge in [-0.1, -0.05) is 39.2 Å². The Morgan fingerprint density at radius 2 is 2.00 bits per heavy atom. The molecule has 16 heavy (non-hydrogen) atoms. The molecule has 3 nitrogen and oxygen atoms in total. The molecule has 0 unspecified atom stereocenters. The third-order valence-corrected chi connectivity index (χ3v) is 3.22. The Labute approximate surface area is 97.5 Å². The molecule has 0 aromatic rings. The van der Waals surface area contributed by atoms with E-state index in [1.54, 1.807) is 0 Å². The highest BCUT2D eigenvalue weighted by molar-refractivity contribution is 5.90. The second-order valence-corrected chi connectivity index (χ2v) is 4.56. The van der Waals surface area contributed by atoms with Gasteiger partial charge in [0, 0.05) is 0 Å². The van der Waals surface area contributed by atoms with Crippen molar-refractivity contribution in [2.24, 2.45) is 0 Å². The number of unbranched alkanes of at least 4 members (excludes halogenated alkanes) is 1. The van der Waals surface area contributed by atoms with Crippen LogP contribution in [0.3, 0.4) is 0 Å². The van der Waals surface area contributed by atoms with Crippen molar-refractivity contribution in [2.75, 3.05) is 6.61 Å². The predicted octanol–water partition coefficient (Wildman–Crippen LogP) is 2.58. The molecule has 0 atom stereocenters. The van der Waals surface area contributed by atoms with Crippen molar-refractivity contribution in [2.45, 2.75) is 57.5 Å². The summed E-state index contributed by atoms with van der Waals surface area (Å²) in [7, 11) is 0. The summed E-state index contributed by atoms with van der Waals surface area (Å²) in [6.07, 6.45) is 6.15. The van der Waals surface area contributed by atoms with Gasteiger partial charge in [0.05, 0.1) is 17.8 Å². The van der Waals surface area contributed by atoms with Crippen molar-refractivity contribution < 1.29 is 14.6 Å². The zero-order valence-corrected chi connectivity index (χ0v) is 10.1. The molecule has 0 spiro atoms. The lowest BCUT2D eigenvalue weighted by molar-refractivity contribution is -0.142.